The van der Waals surface area contributed by atoms with E-state index in [0.29, 0.717) is 11.3 Å². The molecule has 2 N–H and O–H groups in total. The van der Waals surface area contributed by atoms with Crippen molar-refractivity contribution in [3.05, 3.63) is 30.6 Å². The van der Waals surface area contributed by atoms with Gasteiger partial charge in [-0.3, -0.25) is 0 Å². The number of imidazole rings is 1. The minimum absolute atomic E-state index is 0.313. The molecule has 0 saturated carbocycles. The quantitative estimate of drug-likeness (QED) is 0.726. The summed E-state index contributed by atoms with van der Waals surface area (Å²) in [5, 5.41) is 0.980. The normalized spacial score (nSPS) is 12.2. The highest BCUT2D eigenvalue weighted by molar-refractivity contribution is 6.06. The van der Waals surface area contributed by atoms with Crippen molar-refractivity contribution < 1.29 is 4.84 Å². The Labute approximate surface area is 111 Å². The van der Waals surface area contributed by atoms with Gasteiger partial charge in [0.25, 0.3) is 0 Å². The molecule has 98 valence electrons. The van der Waals surface area contributed by atoms with Gasteiger partial charge in [0, 0.05) is 5.39 Å². The van der Waals surface area contributed by atoms with Gasteiger partial charge in [-0.25, -0.2) is 9.97 Å². The number of benzene rings is 1. The molecule has 0 saturated heterocycles. The molecule has 2 heterocycles. The van der Waals surface area contributed by atoms with Crippen LogP contribution in [0.15, 0.2) is 30.6 Å². The smallest absolute Gasteiger partial charge is 0.152 e. The second-order valence-corrected chi connectivity index (χ2v) is 5.49. The molecule has 3 rings (SSSR count). The van der Waals surface area contributed by atoms with Crippen LogP contribution in [0.25, 0.3) is 21.9 Å². The molecular formula is C14H16N4O. The summed E-state index contributed by atoms with van der Waals surface area (Å²) in [5.74, 6) is 0.421. The lowest BCUT2D eigenvalue weighted by molar-refractivity contribution is -0.00874. The molecule has 0 aliphatic heterocycles. The lowest BCUT2D eigenvalue weighted by atomic mass is 10.2. The van der Waals surface area contributed by atoms with Crippen molar-refractivity contribution in [2.45, 2.75) is 26.4 Å². The first-order chi connectivity index (χ1) is 8.96. The van der Waals surface area contributed by atoms with Crippen LogP contribution in [0.2, 0.25) is 0 Å². The summed E-state index contributed by atoms with van der Waals surface area (Å²) >= 11 is 0. The Hall–Kier alpha value is -2.30. The van der Waals surface area contributed by atoms with Crippen molar-refractivity contribution in [1.29, 1.82) is 0 Å². The van der Waals surface area contributed by atoms with Crippen LogP contribution in [0.4, 0.5) is 5.82 Å². The summed E-state index contributed by atoms with van der Waals surface area (Å²) in [4.78, 5) is 14.6. The van der Waals surface area contributed by atoms with E-state index >= 15 is 0 Å². The van der Waals surface area contributed by atoms with Gasteiger partial charge in [-0.1, -0.05) is 18.2 Å². The fourth-order valence-corrected chi connectivity index (χ4v) is 2.09. The molecule has 2 aromatic heterocycles. The van der Waals surface area contributed by atoms with E-state index in [1.165, 1.54) is 0 Å². The number of nitrogens with zero attached hydrogens (tertiary/aromatic N) is 3. The van der Waals surface area contributed by atoms with Crippen molar-refractivity contribution >= 4 is 27.8 Å². The number of para-hydroxylation sites is 1. The van der Waals surface area contributed by atoms with Gasteiger partial charge in [0.1, 0.15) is 23.0 Å². The highest BCUT2D eigenvalue weighted by Crippen LogP contribution is 2.26. The number of hydrogen-bond donors (Lipinski definition) is 1. The number of pyridine rings is 1. The highest BCUT2D eigenvalue weighted by Gasteiger charge is 2.17. The molecule has 5 heteroatoms. The van der Waals surface area contributed by atoms with E-state index in [0.717, 1.165) is 16.4 Å². The van der Waals surface area contributed by atoms with Gasteiger partial charge in [0.05, 0.1) is 5.52 Å². The Bertz CT molecular complexity index is 755. The fraction of sp³-hybridized carbons (Fsp3) is 0.286. The van der Waals surface area contributed by atoms with Crippen LogP contribution in [-0.4, -0.2) is 20.3 Å². The number of anilines is 1. The number of nitrogens with two attached hydrogens (primary N) is 1. The van der Waals surface area contributed by atoms with Crippen LogP contribution in [0.3, 0.4) is 0 Å². The average Bonchev–Trinajstić information content (AvgIpc) is 2.72. The molecule has 5 nitrogen and oxygen atoms in total. The van der Waals surface area contributed by atoms with Crippen LogP contribution in [0, 0.1) is 0 Å². The number of rotatable bonds is 1. The summed E-state index contributed by atoms with van der Waals surface area (Å²) in [6.07, 6.45) is 1.64. The molecule has 0 unspecified atom stereocenters. The summed E-state index contributed by atoms with van der Waals surface area (Å²) in [6.45, 7) is 5.97. The molecule has 0 spiro atoms. The zero-order chi connectivity index (χ0) is 13.6. The maximum Gasteiger partial charge on any atom is 0.152 e. The topological polar surface area (TPSA) is 66.0 Å². The van der Waals surface area contributed by atoms with E-state index in [4.69, 9.17) is 10.6 Å². The Morgan fingerprint density at radius 2 is 1.95 bits per heavy atom. The van der Waals surface area contributed by atoms with E-state index < -0.39 is 0 Å². The molecule has 0 bridgehead atoms. The number of fused-ring (bicyclic) bond motifs is 3. The highest BCUT2D eigenvalue weighted by atomic mass is 16.7. The van der Waals surface area contributed by atoms with E-state index in [9.17, 15) is 0 Å². The predicted octanol–water partition coefficient (Wildman–Crippen LogP) is 2.39. The molecule has 0 radical (unpaired) electrons. The zero-order valence-corrected chi connectivity index (χ0v) is 11.2. The summed E-state index contributed by atoms with van der Waals surface area (Å²) in [5.41, 5.74) is 8.01. The second-order valence-electron chi connectivity index (χ2n) is 5.49. The van der Waals surface area contributed by atoms with Crippen LogP contribution >= 0.6 is 0 Å². The Kier molecular flexibility index (Phi) is 2.38. The minimum Gasteiger partial charge on any atom is -0.407 e. The number of aromatic nitrogens is 3. The van der Waals surface area contributed by atoms with Gasteiger partial charge >= 0.3 is 0 Å². The maximum absolute atomic E-state index is 5.96. The monoisotopic (exact) mass is 256 g/mol. The fourth-order valence-electron chi connectivity index (χ4n) is 2.09. The van der Waals surface area contributed by atoms with Gasteiger partial charge in [0.15, 0.2) is 5.82 Å². The van der Waals surface area contributed by atoms with Crippen molar-refractivity contribution in [3.8, 4) is 0 Å². The van der Waals surface area contributed by atoms with Gasteiger partial charge in [-0.15, -0.1) is 0 Å². The SMILES string of the molecule is CC(C)(C)On1cnc2c(N)nc3ccccc3c21. The molecule has 0 fully saturated rings. The predicted molar refractivity (Wildman–Crippen MR) is 75.8 cm³/mol. The van der Waals surface area contributed by atoms with E-state index in [2.05, 4.69) is 9.97 Å². The number of nitrogen functional groups attached to an aromatic ring is 1. The molecule has 3 aromatic rings. The maximum atomic E-state index is 5.96. The van der Waals surface area contributed by atoms with E-state index in [-0.39, 0.29) is 5.60 Å². The summed E-state index contributed by atoms with van der Waals surface area (Å²) in [7, 11) is 0. The third-order valence-corrected chi connectivity index (χ3v) is 2.75. The lowest BCUT2D eigenvalue weighted by Gasteiger charge is -2.21. The van der Waals surface area contributed by atoms with Crippen molar-refractivity contribution in [1.82, 2.24) is 14.7 Å². The first kappa shape index (κ1) is 11.8. The van der Waals surface area contributed by atoms with Crippen LogP contribution in [0.1, 0.15) is 20.8 Å². The first-order valence-electron chi connectivity index (χ1n) is 6.16. The van der Waals surface area contributed by atoms with Gasteiger partial charge < -0.3 is 10.6 Å². The van der Waals surface area contributed by atoms with Crippen molar-refractivity contribution in [2.24, 2.45) is 0 Å². The van der Waals surface area contributed by atoms with Gasteiger partial charge in [-0.05, 0) is 26.8 Å². The summed E-state index contributed by atoms with van der Waals surface area (Å²) in [6, 6.07) is 7.83. The molecule has 0 atom stereocenters. The second kappa shape index (κ2) is 3.85. The zero-order valence-electron chi connectivity index (χ0n) is 11.2. The minimum atomic E-state index is -0.313. The molecule has 0 amide bonds. The lowest BCUT2D eigenvalue weighted by Crippen LogP contribution is -2.30. The van der Waals surface area contributed by atoms with Crippen LogP contribution in [-0.2, 0) is 0 Å². The van der Waals surface area contributed by atoms with Gasteiger partial charge in [0.2, 0.25) is 0 Å². The third-order valence-electron chi connectivity index (χ3n) is 2.75. The Balaban J connectivity index is 2.36. The van der Waals surface area contributed by atoms with Crippen molar-refractivity contribution in [3.63, 3.8) is 0 Å². The van der Waals surface area contributed by atoms with Crippen molar-refractivity contribution in [2.75, 3.05) is 5.73 Å². The Morgan fingerprint density at radius 3 is 2.68 bits per heavy atom. The standard InChI is InChI=1S/C14H16N4O/c1-14(2,3)19-18-8-16-11-12(18)9-6-4-5-7-10(9)17-13(11)15/h4-8H,1-3H3,(H2,15,17). The van der Waals surface area contributed by atoms with Crippen LogP contribution in [0.5, 0.6) is 0 Å². The molecule has 1 aromatic carbocycles. The number of hydrogen-bond acceptors (Lipinski definition) is 4. The molecule has 19 heavy (non-hydrogen) atoms. The first-order valence-corrected chi connectivity index (χ1v) is 6.16. The molecule has 0 aliphatic carbocycles. The average molecular weight is 256 g/mol. The molecule has 0 aliphatic rings. The van der Waals surface area contributed by atoms with Crippen LogP contribution < -0.4 is 10.6 Å². The van der Waals surface area contributed by atoms with E-state index in [1.54, 1.807) is 11.1 Å². The third kappa shape index (κ3) is 1.97. The Morgan fingerprint density at radius 1 is 1.21 bits per heavy atom. The largest absolute Gasteiger partial charge is 0.407 e. The summed E-state index contributed by atoms with van der Waals surface area (Å²) < 4.78 is 1.68. The van der Waals surface area contributed by atoms with E-state index in [1.807, 2.05) is 45.0 Å². The molecular weight excluding hydrogens is 240 g/mol. The van der Waals surface area contributed by atoms with Gasteiger partial charge in [-0.2, -0.15) is 4.73 Å².